The van der Waals surface area contributed by atoms with Gasteiger partial charge in [0.05, 0.1) is 27.1 Å². The number of carbonyl (C=O) groups excluding carboxylic acids is 3. The van der Waals surface area contributed by atoms with Crippen LogP contribution in [0, 0.1) is 0 Å². The third-order valence-corrected chi connectivity index (χ3v) is 7.41. The molecule has 1 aromatic heterocycles. The van der Waals surface area contributed by atoms with Crippen LogP contribution in [0.25, 0.3) is 0 Å². The first-order chi connectivity index (χ1) is 17.6. The highest BCUT2D eigenvalue weighted by Gasteiger charge is 2.39. The number of benzene rings is 1. The normalized spacial score (nSPS) is 17.1. The van der Waals surface area contributed by atoms with Gasteiger partial charge in [0.15, 0.2) is 0 Å². The zero-order valence-corrected chi connectivity index (χ0v) is 21.5. The highest BCUT2D eigenvalue weighted by atomic mass is 35.5. The average Bonchev–Trinajstić information content (AvgIpc) is 3.60. The van der Waals surface area contributed by atoms with E-state index < -0.39 is 29.6 Å². The molecular weight excluding hydrogens is 533 g/mol. The van der Waals surface area contributed by atoms with E-state index in [-0.39, 0.29) is 49.6 Å². The minimum Gasteiger partial charge on any atom is -0.370 e. The van der Waals surface area contributed by atoms with E-state index in [0.717, 1.165) is 35.1 Å². The van der Waals surface area contributed by atoms with E-state index in [0.29, 0.717) is 15.8 Å². The van der Waals surface area contributed by atoms with Crippen LogP contribution in [0.3, 0.4) is 0 Å². The van der Waals surface area contributed by atoms with Crippen LogP contribution in [0.2, 0.25) is 4.34 Å². The zero-order chi connectivity index (χ0) is 26.7. The third kappa shape index (κ3) is 6.61. The van der Waals surface area contributed by atoms with Gasteiger partial charge in [-0.3, -0.25) is 19.3 Å². The van der Waals surface area contributed by atoms with E-state index in [1.807, 2.05) is 11.8 Å². The number of nitrogens with zero attached hydrogens (tertiary/aromatic N) is 2. The summed E-state index contributed by atoms with van der Waals surface area (Å²) in [6.07, 6.45) is -2.97. The second-order valence-corrected chi connectivity index (χ2v) is 10.4. The second kappa shape index (κ2) is 11.4. The van der Waals surface area contributed by atoms with Crippen LogP contribution in [-0.4, -0.2) is 67.6 Å². The summed E-state index contributed by atoms with van der Waals surface area (Å²) in [5.41, 5.74) is -1.38. The molecule has 0 radical (unpaired) electrons. The number of hydrogen-bond acceptors (Lipinski definition) is 6. The number of halogens is 4. The Balaban J connectivity index is 1.54. The fraction of sp³-hybridized carbons (Fsp3) is 0.458. The molecule has 1 saturated heterocycles. The molecule has 0 bridgehead atoms. The summed E-state index contributed by atoms with van der Waals surface area (Å²) in [6.45, 7) is 2.20. The number of likely N-dealkylation sites (N-methyl/N-ethyl adjacent to an activating group) is 1. The molecule has 2 N–H and O–H groups in total. The maximum absolute atomic E-state index is 13.9. The van der Waals surface area contributed by atoms with Crippen molar-refractivity contribution in [1.82, 2.24) is 10.2 Å². The summed E-state index contributed by atoms with van der Waals surface area (Å²) < 4.78 is 47.3. The molecule has 3 amide bonds. The van der Waals surface area contributed by atoms with Gasteiger partial charge in [-0.05, 0) is 49.7 Å². The smallest absolute Gasteiger partial charge is 0.370 e. The molecule has 2 aliphatic rings. The van der Waals surface area contributed by atoms with Crippen molar-refractivity contribution < 1.29 is 32.3 Å². The summed E-state index contributed by atoms with van der Waals surface area (Å²) in [4.78, 5) is 41.4. The van der Waals surface area contributed by atoms with Gasteiger partial charge in [0, 0.05) is 24.8 Å². The third-order valence-electron chi connectivity index (χ3n) is 6.18. The van der Waals surface area contributed by atoms with Crippen LogP contribution < -0.4 is 15.5 Å². The summed E-state index contributed by atoms with van der Waals surface area (Å²) in [5, 5.41) is 5.33. The van der Waals surface area contributed by atoms with Gasteiger partial charge in [-0.25, -0.2) is 0 Å². The van der Waals surface area contributed by atoms with E-state index in [1.165, 1.54) is 12.1 Å². The number of carbonyl (C=O) groups is 3. The van der Waals surface area contributed by atoms with E-state index in [1.54, 1.807) is 12.1 Å². The molecule has 2 heterocycles. The SMILES string of the molecule is CCN(C1CC1)[C@H](CNC(=O)c1ccc(Cl)s1)C(=O)Nc1ccc(N2CCOCC2=O)c(C(F)(F)F)c1. The lowest BCUT2D eigenvalue weighted by Crippen LogP contribution is -2.51. The van der Waals surface area contributed by atoms with Crippen molar-refractivity contribution in [3.8, 4) is 0 Å². The fourth-order valence-electron chi connectivity index (χ4n) is 4.29. The van der Waals surface area contributed by atoms with E-state index in [9.17, 15) is 27.6 Å². The molecule has 8 nitrogen and oxygen atoms in total. The first kappa shape index (κ1) is 27.4. The largest absolute Gasteiger partial charge is 0.418 e. The number of anilines is 2. The number of hydrogen-bond donors (Lipinski definition) is 2. The van der Waals surface area contributed by atoms with Crippen LogP contribution in [0.1, 0.15) is 35.0 Å². The van der Waals surface area contributed by atoms with E-state index in [2.05, 4.69) is 10.6 Å². The Hall–Kier alpha value is -2.67. The maximum Gasteiger partial charge on any atom is 0.418 e. The maximum atomic E-state index is 13.9. The first-order valence-electron chi connectivity index (χ1n) is 11.8. The van der Waals surface area contributed by atoms with Crippen LogP contribution >= 0.6 is 22.9 Å². The summed E-state index contributed by atoms with van der Waals surface area (Å²) >= 11 is 7.01. The van der Waals surface area contributed by atoms with Gasteiger partial charge < -0.3 is 20.3 Å². The molecular formula is C24H26ClF3N4O4S. The lowest BCUT2D eigenvalue weighted by atomic mass is 10.1. The molecule has 1 aliphatic carbocycles. The molecule has 2 fully saturated rings. The van der Waals surface area contributed by atoms with E-state index in [4.69, 9.17) is 16.3 Å². The Morgan fingerprint density at radius 1 is 1.27 bits per heavy atom. The molecule has 0 spiro atoms. The Labute approximate surface area is 220 Å². The Morgan fingerprint density at radius 3 is 2.62 bits per heavy atom. The number of alkyl halides is 3. The molecule has 1 saturated carbocycles. The molecule has 1 aliphatic heterocycles. The predicted molar refractivity (Wildman–Crippen MR) is 134 cm³/mol. The minimum atomic E-state index is -4.76. The van der Waals surface area contributed by atoms with Gasteiger partial charge in [-0.1, -0.05) is 18.5 Å². The van der Waals surface area contributed by atoms with Crippen molar-refractivity contribution in [3.05, 3.63) is 45.1 Å². The van der Waals surface area contributed by atoms with Crippen molar-refractivity contribution in [1.29, 1.82) is 0 Å². The molecule has 37 heavy (non-hydrogen) atoms. The number of morpholine rings is 1. The lowest BCUT2D eigenvalue weighted by Gasteiger charge is -2.31. The van der Waals surface area contributed by atoms with Crippen molar-refractivity contribution in [2.75, 3.05) is 43.1 Å². The van der Waals surface area contributed by atoms with Crippen LogP contribution in [0.4, 0.5) is 24.5 Å². The van der Waals surface area contributed by atoms with Crippen molar-refractivity contribution in [2.24, 2.45) is 0 Å². The van der Waals surface area contributed by atoms with Gasteiger partial charge in [0.1, 0.15) is 12.6 Å². The quantitative estimate of drug-likeness (QED) is 0.485. The van der Waals surface area contributed by atoms with Crippen molar-refractivity contribution in [3.63, 3.8) is 0 Å². The standard InChI is InChI=1S/C24H26ClF3N4O4S/c1-2-31(15-4-5-15)18(12-29-23(35)19-7-8-20(25)37-19)22(34)30-14-3-6-17(16(11-14)24(26,27)28)32-9-10-36-13-21(32)33/h3,6-8,11,15,18H,2,4-5,9-10,12-13H2,1H3,(H,29,35)(H,30,34)/t18-/m1/s1. The van der Waals surface area contributed by atoms with Crippen LogP contribution in [0.5, 0.6) is 0 Å². The van der Waals surface area contributed by atoms with Gasteiger partial charge >= 0.3 is 6.18 Å². The highest BCUT2D eigenvalue weighted by Crippen LogP contribution is 2.39. The zero-order valence-electron chi connectivity index (χ0n) is 19.9. The highest BCUT2D eigenvalue weighted by molar-refractivity contribution is 7.18. The Kier molecular flexibility index (Phi) is 8.42. The van der Waals surface area contributed by atoms with E-state index >= 15 is 0 Å². The predicted octanol–water partition coefficient (Wildman–Crippen LogP) is 4.00. The molecule has 2 aromatic rings. The number of rotatable bonds is 9. The molecule has 200 valence electrons. The molecule has 1 atom stereocenters. The first-order valence-corrected chi connectivity index (χ1v) is 13.0. The van der Waals surface area contributed by atoms with Crippen LogP contribution in [-0.2, 0) is 20.5 Å². The number of thiophene rings is 1. The summed E-state index contributed by atoms with van der Waals surface area (Å²) in [5.74, 6) is -1.50. The number of amides is 3. The lowest BCUT2D eigenvalue weighted by molar-refractivity contribution is -0.137. The van der Waals surface area contributed by atoms with Crippen molar-refractivity contribution >= 4 is 52.0 Å². The Morgan fingerprint density at radius 2 is 2.03 bits per heavy atom. The average molecular weight is 559 g/mol. The van der Waals surface area contributed by atoms with Crippen molar-refractivity contribution in [2.45, 2.75) is 38.0 Å². The fourth-order valence-corrected chi connectivity index (χ4v) is 5.25. The summed E-state index contributed by atoms with van der Waals surface area (Å²) in [6, 6.07) is 5.88. The molecule has 4 rings (SSSR count). The van der Waals surface area contributed by atoms with Crippen LogP contribution in [0.15, 0.2) is 30.3 Å². The second-order valence-electron chi connectivity index (χ2n) is 8.71. The molecule has 1 aromatic carbocycles. The van der Waals surface area contributed by atoms with Gasteiger partial charge in [-0.2, -0.15) is 13.2 Å². The molecule has 13 heteroatoms. The molecule has 0 unspecified atom stereocenters. The Bertz CT molecular complexity index is 1170. The number of nitrogens with one attached hydrogen (secondary N) is 2. The monoisotopic (exact) mass is 558 g/mol. The topological polar surface area (TPSA) is 91.0 Å². The summed E-state index contributed by atoms with van der Waals surface area (Å²) in [7, 11) is 0. The van der Waals surface area contributed by atoms with Gasteiger partial charge in [0.2, 0.25) is 5.91 Å². The number of ether oxygens (including phenoxy) is 1. The van der Waals surface area contributed by atoms with Gasteiger partial charge in [-0.15, -0.1) is 11.3 Å². The minimum absolute atomic E-state index is 0.00229. The van der Waals surface area contributed by atoms with Gasteiger partial charge in [0.25, 0.3) is 11.8 Å².